The first kappa shape index (κ1) is 22.0. The summed E-state index contributed by atoms with van der Waals surface area (Å²) in [6.07, 6.45) is 5.21. The molecule has 0 bridgehead atoms. The van der Waals surface area contributed by atoms with Gasteiger partial charge in [0.15, 0.2) is 5.65 Å². The summed E-state index contributed by atoms with van der Waals surface area (Å²) in [5, 5.41) is 12.8. The number of hydrogen-bond donors (Lipinski definition) is 1. The Bertz CT molecular complexity index is 1670. The zero-order chi connectivity index (χ0) is 25.0. The Kier molecular flexibility index (Phi) is 5.00. The first-order chi connectivity index (χ1) is 18.1. The summed E-state index contributed by atoms with van der Waals surface area (Å²) in [5.74, 6) is 0.116. The molecule has 7 rings (SSSR count). The van der Waals surface area contributed by atoms with Crippen LogP contribution in [-0.4, -0.2) is 60.4 Å². The number of rotatable bonds is 4. The molecule has 37 heavy (non-hydrogen) atoms. The lowest BCUT2D eigenvalue weighted by atomic mass is 9.73. The number of carbonyl (C=O) groups is 1. The van der Waals surface area contributed by atoms with E-state index in [1.54, 1.807) is 17.1 Å². The lowest BCUT2D eigenvalue weighted by Gasteiger charge is -2.37. The van der Waals surface area contributed by atoms with Gasteiger partial charge in [0.05, 0.1) is 29.4 Å². The first-order valence-electron chi connectivity index (χ1n) is 12.7. The number of aromatic nitrogens is 6. The van der Waals surface area contributed by atoms with E-state index in [4.69, 9.17) is 4.98 Å². The Hall–Kier alpha value is -4.24. The topological polar surface area (TPSA) is 102 Å². The van der Waals surface area contributed by atoms with Crippen molar-refractivity contribution < 1.29 is 4.79 Å². The van der Waals surface area contributed by atoms with Crippen molar-refractivity contribution >= 4 is 33.8 Å². The molecule has 1 N–H and O–H groups in total. The number of anilines is 1. The van der Waals surface area contributed by atoms with Crippen molar-refractivity contribution in [1.82, 2.24) is 34.8 Å². The zero-order valence-electron chi connectivity index (χ0n) is 20.6. The molecule has 0 radical (unpaired) electrons. The third-order valence-electron chi connectivity index (χ3n) is 7.90. The summed E-state index contributed by atoms with van der Waals surface area (Å²) in [4.78, 5) is 29.3. The molecule has 0 unspecified atom stereocenters. The highest BCUT2D eigenvalue weighted by Gasteiger charge is 2.48. The van der Waals surface area contributed by atoms with Crippen LogP contribution in [-0.2, 0) is 16.8 Å². The van der Waals surface area contributed by atoms with E-state index >= 15 is 0 Å². The molecule has 0 aliphatic carbocycles. The number of amides is 1. The summed E-state index contributed by atoms with van der Waals surface area (Å²) in [7, 11) is 0. The van der Waals surface area contributed by atoms with E-state index in [1.165, 1.54) is 0 Å². The van der Waals surface area contributed by atoms with Crippen molar-refractivity contribution in [1.29, 1.82) is 0 Å². The highest BCUT2D eigenvalue weighted by atomic mass is 16.2. The standard InChI is InChI=1S/C28H26N8O/c1-2-35-12-9-28(10-13-35)21-7-6-20(15-23(21)32-27(28)37)24-16-30-25-26(31-24)36(34-33-25)17-18-5-8-22-19(14-18)4-3-11-29-22/h3-8,11,14-16H,2,9-10,12-13,17H2,1H3,(H,32,37). The van der Waals surface area contributed by atoms with Gasteiger partial charge in [0.1, 0.15) is 0 Å². The molecule has 9 heteroatoms. The molecule has 1 amide bonds. The van der Waals surface area contributed by atoms with Crippen LogP contribution in [0.25, 0.3) is 33.5 Å². The number of pyridine rings is 1. The van der Waals surface area contributed by atoms with Gasteiger partial charge in [0.25, 0.3) is 0 Å². The number of hydrogen-bond acceptors (Lipinski definition) is 7. The minimum absolute atomic E-state index is 0.116. The van der Waals surface area contributed by atoms with Crippen molar-refractivity contribution in [2.75, 3.05) is 25.0 Å². The fourth-order valence-electron chi connectivity index (χ4n) is 5.73. The Labute approximate surface area is 213 Å². The van der Waals surface area contributed by atoms with E-state index in [2.05, 4.69) is 49.6 Å². The lowest BCUT2D eigenvalue weighted by molar-refractivity contribution is -0.122. The molecular weight excluding hydrogens is 464 g/mol. The molecule has 2 aliphatic rings. The van der Waals surface area contributed by atoms with Crippen molar-refractivity contribution in [3.8, 4) is 11.3 Å². The number of fused-ring (bicyclic) bond motifs is 4. The highest BCUT2D eigenvalue weighted by Crippen LogP contribution is 2.46. The predicted molar refractivity (Wildman–Crippen MR) is 141 cm³/mol. The SMILES string of the molecule is CCN1CCC2(CC1)C(=O)Nc1cc(-c3cnc4nnn(Cc5ccc6ncccc6c5)c4n3)ccc12. The van der Waals surface area contributed by atoms with Gasteiger partial charge in [-0.2, -0.15) is 0 Å². The van der Waals surface area contributed by atoms with E-state index in [-0.39, 0.29) is 5.91 Å². The second-order valence-electron chi connectivity index (χ2n) is 9.91. The van der Waals surface area contributed by atoms with Gasteiger partial charge in [0.2, 0.25) is 11.6 Å². The number of likely N-dealkylation sites (tertiary alicyclic amines) is 1. The van der Waals surface area contributed by atoms with E-state index in [0.717, 1.165) is 71.5 Å². The summed E-state index contributed by atoms with van der Waals surface area (Å²) < 4.78 is 1.77. The maximum Gasteiger partial charge on any atom is 0.235 e. The second kappa shape index (κ2) is 8.41. The Balaban J connectivity index is 1.21. The van der Waals surface area contributed by atoms with E-state index in [0.29, 0.717) is 17.8 Å². The van der Waals surface area contributed by atoms with Crippen molar-refractivity contribution in [3.63, 3.8) is 0 Å². The van der Waals surface area contributed by atoms with Crippen LogP contribution < -0.4 is 5.32 Å². The van der Waals surface area contributed by atoms with Crippen molar-refractivity contribution in [2.45, 2.75) is 31.7 Å². The average Bonchev–Trinajstić information content (AvgIpc) is 3.46. The minimum atomic E-state index is -0.424. The molecule has 184 valence electrons. The van der Waals surface area contributed by atoms with Gasteiger partial charge < -0.3 is 10.2 Å². The van der Waals surface area contributed by atoms with Crippen LogP contribution in [0.1, 0.15) is 30.9 Å². The number of benzene rings is 2. The Morgan fingerprint density at radius 1 is 1.05 bits per heavy atom. The molecule has 5 aromatic rings. The van der Waals surface area contributed by atoms with Crippen LogP contribution in [0.15, 0.2) is 60.9 Å². The number of piperidine rings is 1. The number of carbonyl (C=O) groups excluding carboxylic acids is 1. The largest absolute Gasteiger partial charge is 0.325 e. The summed E-state index contributed by atoms with van der Waals surface area (Å²) in [6.45, 7) is 5.60. The van der Waals surface area contributed by atoms with Crippen LogP contribution >= 0.6 is 0 Å². The lowest BCUT2D eigenvalue weighted by Crippen LogP contribution is -2.46. The molecule has 1 saturated heterocycles. The van der Waals surface area contributed by atoms with Crippen molar-refractivity contribution in [2.24, 2.45) is 0 Å². The highest BCUT2D eigenvalue weighted by molar-refractivity contribution is 6.07. The fraction of sp³-hybridized carbons (Fsp3) is 0.286. The fourth-order valence-corrected chi connectivity index (χ4v) is 5.73. The molecule has 0 atom stereocenters. The number of nitrogens with one attached hydrogen (secondary N) is 1. The van der Waals surface area contributed by atoms with Crippen LogP contribution in [0.3, 0.4) is 0 Å². The van der Waals surface area contributed by atoms with E-state index in [1.807, 2.05) is 36.4 Å². The first-order valence-corrected chi connectivity index (χ1v) is 12.7. The molecule has 1 fully saturated rings. The van der Waals surface area contributed by atoms with Crippen LogP contribution in [0.5, 0.6) is 0 Å². The number of nitrogens with zero attached hydrogens (tertiary/aromatic N) is 7. The van der Waals surface area contributed by atoms with Crippen LogP contribution in [0.4, 0.5) is 5.69 Å². The van der Waals surface area contributed by atoms with Gasteiger partial charge in [-0.05, 0) is 67.9 Å². The van der Waals surface area contributed by atoms with Gasteiger partial charge in [-0.15, -0.1) is 5.10 Å². The summed E-state index contributed by atoms with van der Waals surface area (Å²) in [6, 6.07) is 16.3. The van der Waals surface area contributed by atoms with Gasteiger partial charge in [-0.25, -0.2) is 14.6 Å². The maximum absolute atomic E-state index is 13.1. The summed E-state index contributed by atoms with van der Waals surface area (Å²) in [5.41, 5.74) is 6.34. The second-order valence-corrected chi connectivity index (χ2v) is 9.91. The van der Waals surface area contributed by atoms with Gasteiger partial charge in [-0.1, -0.05) is 36.4 Å². The van der Waals surface area contributed by atoms with E-state index < -0.39 is 5.41 Å². The van der Waals surface area contributed by atoms with Gasteiger partial charge in [-0.3, -0.25) is 9.78 Å². The smallest absolute Gasteiger partial charge is 0.235 e. The van der Waals surface area contributed by atoms with Crippen LogP contribution in [0.2, 0.25) is 0 Å². The Morgan fingerprint density at radius 3 is 2.81 bits per heavy atom. The van der Waals surface area contributed by atoms with Crippen molar-refractivity contribution in [3.05, 3.63) is 72.1 Å². The summed E-state index contributed by atoms with van der Waals surface area (Å²) >= 11 is 0. The zero-order valence-corrected chi connectivity index (χ0v) is 20.6. The minimum Gasteiger partial charge on any atom is -0.325 e. The molecule has 5 heterocycles. The average molecular weight is 491 g/mol. The predicted octanol–water partition coefficient (Wildman–Crippen LogP) is 3.79. The molecule has 3 aromatic heterocycles. The van der Waals surface area contributed by atoms with Gasteiger partial charge in [0, 0.05) is 22.8 Å². The normalized spacial score (nSPS) is 16.9. The molecule has 2 aliphatic heterocycles. The third-order valence-corrected chi connectivity index (χ3v) is 7.90. The molecule has 1 spiro atoms. The van der Waals surface area contributed by atoms with Crippen LogP contribution in [0, 0.1) is 0 Å². The Morgan fingerprint density at radius 2 is 1.95 bits per heavy atom. The van der Waals surface area contributed by atoms with E-state index in [9.17, 15) is 4.79 Å². The third kappa shape index (κ3) is 3.57. The maximum atomic E-state index is 13.1. The molecule has 9 nitrogen and oxygen atoms in total. The molecule has 0 saturated carbocycles. The monoisotopic (exact) mass is 490 g/mol. The molecular formula is C28H26N8O. The molecule has 2 aromatic carbocycles. The quantitative estimate of drug-likeness (QED) is 0.409. The van der Waals surface area contributed by atoms with Gasteiger partial charge >= 0.3 is 0 Å².